The number of phosphoric acid groups is 1. The van der Waals surface area contributed by atoms with Crippen LogP contribution < -0.4 is 16.1 Å². The van der Waals surface area contributed by atoms with Crippen LogP contribution >= 0.6 is 20.0 Å². The molecule has 2 aromatic rings. The number of phenols is 1. The predicted molar refractivity (Wildman–Crippen MR) is 302 cm³/mol. The third kappa shape index (κ3) is 25.6. The zero-order valence-electron chi connectivity index (χ0n) is 44.9. The van der Waals surface area contributed by atoms with E-state index in [0.29, 0.717) is 47.2 Å². The van der Waals surface area contributed by atoms with Crippen LogP contribution in [-0.2, 0) is 42.2 Å². The van der Waals surface area contributed by atoms with Crippen molar-refractivity contribution in [2.24, 2.45) is 0 Å². The highest BCUT2D eigenvalue weighted by molar-refractivity contribution is 7.80. The number of hydrogen-bond donors (Lipinski definition) is 5. The Hall–Kier alpha value is -5.65. The first-order valence-electron chi connectivity index (χ1n) is 27.6. The number of rotatable bonds is 41. The van der Waals surface area contributed by atoms with Gasteiger partial charge in [-0.25, -0.2) is 14.2 Å². The number of aromatic carboxylic acids is 1. The third-order valence-electron chi connectivity index (χ3n) is 12.9. The van der Waals surface area contributed by atoms with Gasteiger partial charge in [0.2, 0.25) is 0 Å². The molecular weight excluding hydrogens is 1030 g/mol. The number of carboxylic acids is 1. The summed E-state index contributed by atoms with van der Waals surface area (Å²) in [5.74, 6) is -2.53. The van der Waals surface area contributed by atoms with Gasteiger partial charge in [-0.15, -0.1) is 0 Å². The summed E-state index contributed by atoms with van der Waals surface area (Å²) in [5, 5.41) is 26.7. The molecule has 0 spiro atoms. The molecule has 0 aromatic heterocycles. The second kappa shape index (κ2) is 36.4. The van der Waals surface area contributed by atoms with Crippen LogP contribution in [-0.4, -0.2) is 83.2 Å². The number of phosphoric ester groups is 1. The molecule has 0 radical (unpaired) electrons. The van der Waals surface area contributed by atoms with E-state index in [1.165, 1.54) is 88.1 Å². The molecule has 424 valence electrons. The number of phenolic OH excluding ortho intramolecular Hbond substituents is 1. The first-order valence-corrected chi connectivity index (χ1v) is 29.5. The number of hydrogen-bond acceptors (Lipinski definition) is 14. The van der Waals surface area contributed by atoms with Crippen molar-refractivity contribution in [1.82, 2.24) is 5.32 Å². The quantitative estimate of drug-likeness (QED) is 0.00527. The normalized spacial score (nSPS) is 12.4. The SMILES string of the molecule is C=CC(=O)OCCCCCCCCCCCCC(=O)OC(COC(=O)CCCCCCCCCCCCCCC)COP(=O)(O)OCCNC(=S)Nc1ccc(-c2c3ccc(=O)cc-3oc3cc(O)ccc23)c(C(=O)O)c1. The predicted octanol–water partition coefficient (Wildman–Crippen LogP) is 13.3. The Kier molecular flexibility index (Phi) is 30.2. The second-order valence-electron chi connectivity index (χ2n) is 19.3. The van der Waals surface area contributed by atoms with Crippen molar-refractivity contribution in [3.8, 4) is 28.2 Å². The number of aromatic hydroxyl groups is 1. The summed E-state index contributed by atoms with van der Waals surface area (Å²) in [6.45, 7) is 4.65. The van der Waals surface area contributed by atoms with Crippen molar-refractivity contribution in [1.29, 1.82) is 0 Å². The van der Waals surface area contributed by atoms with E-state index in [0.717, 1.165) is 83.1 Å². The summed E-state index contributed by atoms with van der Waals surface area (Å²) in [6.07, 6.45) is 25.1. The molecule has 0 amide bonds. The molecule has 1 aliphatic heterocycles. The van der Waals surface area contributed by atoms with Gasteiger partial charge in [-0.1, -0.05) is 148 Å². The van der Waals surface area contributed by atoms with Gasteiger partial charge in [0, 0.05) is 59.8 Å². The molecule has 1 aliphatic carbocycles. The van der Waals surface area contributed by atoms with Gasteiger partial charge in [0.25, 0.3) is 0 Å². The average molecular weight is 1110 g/mol. The van der Waals surface area contributed by atoms with Crippen molar-refractivity contribution < 1.29 is 66.5 Å². The minimum absolute atomic E-state index is 0.0424. The zero-order valence-corrected chi connectivity index (χ0v) is 46.6. The van der Waals surface area contributed by atoms with Crippen LogP contribution in [0.1, 0.15) is 178 Å². The van der Waals surface area contributed by atoms with Gasteiger partial charge in [-0.3, -0.25) is 23.4 Å². The van der Waals surface area contributed by atoms with Crippen molar-refractivity contribution in [3.63, 3.8) is 0 Å². The van der Waals surface area contributed by atoms with E-state index in [4.69, 9.17) is 39.9 Å². The van der Waals surface area contributed by atoms with Gasteiger partial charge in [-0.2, -0.15) is 0 Å². The molecule has 2 atom stereocenters. The summed E-state index contributed by atoms with van der Waals surface area (Å²) in [7, 11) is -4.72. The number of unbranched alkanes of at least 4 members (excludes halogenated alkanes) is 21. The number of esters is 3. The molecule has 5 N–H and O–H groups in total. The third-order valence-corrected chi connectivity index (χ3v) is 14.1. The number of carbonyl (C=O) groups excluding carboxylic acids is 3. The lowest BCUT2D eigenvalue weighted by Crippen LogP contribution is -2.31. The first-order chi connectivity index (χ1) is 37.2. The van der Waals surface area contributed by atoms with E-state index in [1.807, 2.05) is 0 Å². The van der Waals surface area contributed by atoms with E-state index in [2.05, 4.69) is 24.1 Å². The highest BCUT2D eigenvalue weighted by Crippen LogP contribution is 2.44. The Morgan fingerprint density at radius 3 is 1.90 bits per heavy atom. The van der Waals surface area contributed by atoms with Crippen molar-refractivity contribution >= 4 is 65.7 Å². The Balaban J connectivity index is 1.22. The maximum Gasteiger partial charge on any atom is 0.472 e. The van der Waals surface area contributed by atoms with E-state index >= 15 is 0 Å². The lowest BCUT2D eigenvalue weighted by Gasteiger charge is -2.20. The van der Waals surface area contributed by atoms with Gasteiger partial charge in [-0.05, 0) is 73.4 Å². The van der Waals surface area contributed by atoms with Crippen molar-refractivity contribution in [3.05, 3.63) is 83.0 Å². The molecule has 2 aliphatic rings. The highest BCUT2D eigenvalue weighted by atomic mass is 32.1. The molecule has 4 rings (SSSR count). The van der Waals surface area contributed by atoms with E-state index in [9.17, 15) is 43.6 Å². The summed E-state index contributed by atoms with van der Waals surface area (Å²) >= 11 is 5.41. The molecular formula is C58H81N2O15PS. The summed E-state index contributed by atoms with van der Waals surface area (Å²) < 4.78 is 45.3. The topological polar surface area (TPSA) is 246 Å². The monoisotopic (exact) mass is 1110 g/mol. The fourth-order valence-electron chi connectivity index (χ4n) is 8.81. The van der Waals surface area contributed by atoms with Crippen LogP contribution in [0.4, 0.5) is 5.69 Å². The molecule has 2 aromatic carbocycles. The Labute approximate surface area is 458 Å². The lowest BCUT2D eigenvalue weighted by molar-refractivity contribution is -0.161. The van der Waals surface area contributed by atoms with Crippen molar-refractivity contribution in [2.45, 2.75) is 174 Å². The number of nitrogens with one attached hydrogen (secondary N) is 2. The number of fused-ring (bicyclic) bond motifs is 2. The molecule has 77 heavy (non-hydrogen) atoms. The molecule has 1 heterocycles. The van der Waals surface area contributed by atoms with Crippen LogP contribution in [0.3, 0.4) is 0 Å². The maximum atomic E-state index is 13.0. The molecule has 0 saturated carbocycles. The zero-order chi connectivity index (χ0) is 55.7. The van der Waals surface area contributed by atoms with Crippen LogP contribution in [0.2, 0.25) is 0 Å². The largest absolute Gasteiger partial charge is 0.508 e. The number of carbonyl (C=O) groups is 4. The van der Waals surface area contributed by atoms with Crippen LogP contribution in [0.25, 0.3) is 33.4 Å². The van der Waals surface area contributed by atoms with Crippen LogP contribution in [0.15, 0.2) is 76.5 Å². The minimum Gasteiger partial charge on any atom is -0.508 e. The Bertz CT molecular complexity index is 2550. The average Bonchev–Trinajstić information content (AvgIpc) is 3.40. The molecule has 17 nitrogen and oxygen atoms in total. The van der Waals surface area contributed by atoms with Crippen LogP contribution in [0, 0.1) is 0 Å². The number of thiocarbonyl (C=S) groups is 1. The molecule has 0 bridgehead atoms. The minimum atomic E-state index is -4.72. The fourth-order valence-corrected chi connectivity index (χ4v) is 9.78. The van der Waals surface area contributed by atoms with Gasteiger partial charge in [0.15, 0.2) is 16.6 Å². The van der Waals surface area contributed by atoms with Gasteiger partial charge in [0.1, 0.15) is 23.7 Å². The number of carboxylic acid groups (broad SMARTS) is 1. The number of benzene rings is 3. The van der Waals surface area contributed by atoms with E-state index < -0.39 is 44.4 Å². The second-order valence-corrected chi connectivity index (χ2v) is 21.2. The Morgan fingerprint density at radius 1 is 0.701 bits per heavy atom. The molecule has 0 saturated heterocycles. The van der Waals surface area contributed by atoms with Gasteiger partial charge < -0.3 is 44.4 Å². The maximum absolute atomic E-state index is 13.0. The Morgan fingerprint density at radius 2 is 1.29 bits per heavy atom. The smallest absolute Gasteiger partial charge is 0.472 e. The van der Waals surface area contributed by atoms with Gasteiger partial charge >= 0.3 is 31.7 Å². The van der Waals surface area contributed by atoms with Crippen LogP contribution in [0.5, 0.6) is 5.75 Å². The van der Waals surface area contributed by atoms with Crippen molar-refractivity contribution in [2.75, 3.05) is 38.3 Å². The fraction of sp³-hybridized carbons (Fsp3) is 0.552. The molecule has 2 unspecified atom stereocenters. The standard InChI is InChI=1S/C58H81N2O15PS/c1-3-5-6-7-8-9-10-11-12-15-18-21-24-27-54(64)71-41-46(74-55(65)28-25-22-19-16-13-14-17-20-23-26-36-70-53(63)4-2)42-73-76(68,69)72-37-35-59-58(77)60-43-29-32-47(50(38-43)57(66)67)56-48-33-30-44(61)39-51(48)75-52-40-45(62)31-34-49(52)56/h4,29-34,38-40,46,61H,2-3,5-28,35-37,41-42H2,1H3,(H,66,67)(H,68,69)(H2,59,60,77). The van der Waals surface area contributed by atoms with E-state index in [1.54, 1.807) is 24.3 Å². The summed E-state index contributed by atoms with van der Waals surface area (Å²) in [4.78, 5) is 72.2. The molecule has 0 fully saturated rings. The summed E-state index contributed by atoms with van der Waals surface area (Å²) in [6, 6.07) is 13.2. The highest BCUT2D eigenvalue weighted by Gasteiger charge is 2.27. The number of ether oxygens (including phenoxy) is 3. The molecule has 19 heteroatoms. The number of anilines is 1. The summed E-state index contributed by atoms with van der Waals surface area (Å²) in [5.41, 5.74) is 1.41. The van der Waals surface area contributed by atoms with Gasteiger partial charge in [0.05, 0.1) is 25.4 Å². The lowest BCUT2D eigenvalue weighted by atomic mass is 9.90. The first kappa shape index (κ1) is 63.9. The van der Waals surface area contributed by atoms with E-state index in [-0.39, 0.29) is 65.8 Å².